The van der Waals surface area contributed by atoms with Crippen LogP contribution < -0.4 is 5.32 Å². The molecule has 8 heteroatoms. The van der Waals surface area contributed by atoms with Crippen LogP contribution in [0.15, 0.2) is 16.7 Å². The van der Waals surface area contributed by atoms with Crippen LogP contribution in [0.3, 0.4) is 0 Å². The number of nitrogens with zero attached hydrogens (tertiary/aromatic N) is 1. The molecule has 0 fully saturated rings. The van der Waals surface area contributed by atoms with E-state index in [0.29, 0.717) is 37.3 Å². The Labute approximate surface area is 123 Å². The van der Waals surface area contributed by atoms with E-state index in [4.69, 9.17) is 9.47 Å². The van der Waals surface area contributed by atoms with Gasteiger partial charge < -0.3 is 14.8 Å². The number of anilines is 1. The van der Waals surface area contributed by atoms with Crippen LogP contribution >= 0.6 is 15.9 Å². The first-order chi connectivity index (χ1) is 9.45. The highest BCUT2D eigenvalue weighted by atomic mass is 79.9. The Morgan fingerprint density at radius 2 is 2.05 bits per heavy atom. The van der Waals surface area contributed by atoms with Crippen molar-refractivity contribution in [3.05, 3.63) is 22.3 Å². The van der Waals surface area contributed by atoms with Gasteiger partial charge in [0.1, 0.15) is 5.82 Å². The minimum atomic E-state index is -4.44. The number of alkyl halides is 3. The molecule has 0 bridgehead atoms. The van der Waals surface area contributed by atoms with Crippen molar-refractivity contribution in [3.63, 3.8) is 0 Å². The highest BCUT2D eigenvalue weighted by Gasteiger charge is 2.34. The summed E-state index contributed by atoms with van der Waals surface area (Å²) in [7, 11) is 1.57. The van der Waals surface area contributed by atoms with Crippen molar-refractivity contribution < 1.29 is 22.6 Å². The fourth-order valence-corrected chi connectivity index (χ4v) is 1.75. The molecule has 1 N–H and O–H groups in total. The molecule has 0 amide bonds. The van der Waals surface area contributed by atoms with E-state index < -0.39 is 11.7 Å². The molecular formula is C12H16BrF3N2O2. The molecule has 0 aliphatic heterocycles. The number of aromatic nitrogens is 1. The Balaban J connectivity index is 2.44. The standard InChI is InChI=1S/C12H16BrF3N2O2/c1-19-5-6-20-4-2-3-17-11-10(12(14,15)16)7-9(13)8-18-11/h7-8H,2-6H2,1H3,(H,17,18). The van der Waals surface area contributed by atoms with Gasteiger partial charge in [0.05, 0.1) is 18.8 Å². The fraction of sp³-hybridized carbons (Fsp3) is 0.583. The molecule has 0 radical (unpaired) electrons. The van der Waals surface area contributed by atoms with Crippen molar-refractivity contribution in [1.82, 2.24) is 4.98 Å². The Morgan fingerprint density at radius 3 is 2.70 bits per heavy atom. The van der Waals surface area contributed by atoms with E-state index in [1.807, 2.05) is 0 Å². The SMILES string of the molecule is COCCOCCCNc1ncc(Br)cc1C(F)(F)F. The molecule has 0 atom stereocenters. The lowest BCUT2D eigenvalue weighted by Gasteiger charge is -2.13. The first-order valence-electron chi connectivity index (χ1n) is 5.98. The second-order valence-electron chi connectivity index (χ2n) is 3.93. The van der Waals surface area contributed by atoms with Gasteiger partial charge in [-0.3, -0.25) is 0 Å². The van der Waals surface area contributed by atoms with Crippen LogP contribution in [0.4, 0.5) is 19.0 Å². The van der Waals surface area contributed by atoms with Gasteiger partial charge in [0.15, 0.2) is 0 Å². The van der Waals surface area contributed by atoms with Gasteiger partial charge in [-0.2, -0.15) is 13.2 Å². The maximum Gasteiger partial charge on any atom is 0.419 e. The second kappa shape index (κ2) is 8.43. The van der Waals surface area contributed by atoms with Crippen LogP contribution in [0.25, 0.3) is 0 Å². The van der Waals surface area contributed by atoms with Gasteiger partial charge in [0.25, 0.3) is 0 Å². The topological polar surface area (TPSA) is 43.4 Å². The normalized spacial score (nSPS) is 11.7. The van der Waals surface area contributed by atoms with Gasteiger partial charge in [0.2, 0.25) is 0 Å². The lowest BCUT2D eigenvalue weighted by molar-refractivity contribution is -0.137. The quantitative estimate of drug-likeness (QED) is 0.725. The van der Waals surface area contributed by atoms with Gasteiger partial charge in [0, 0.05) is 30.9 Å². The van der Waals surface area contributed by atoms with Crippen molar-refractivity contribution in [3.8, 4) is 0 Å². The molecule has 114 valence electrons. The zero-order chi connectivity index (χ0) is 15.0. The third kappa shape index (κ3) is 6.06. The number of methoxy groups -OCH3 is 1. The molecule has 0 unspecified atom stereocenters. The first kappa shape index (κ1) is 17.2. The average Bonchev–Trinajstić information content (AvgIpc) is 2.38. The zero-order valence-corrected chi connectivity index (χ0v) is 12.6. The molecule has 1 aromatic rings. The molecule has 0 aromatic carbocycles. The number of pyridine rings is 1. The van der Waals surface area contributed by atoms with Crippen molar-refractivity contribution in [1.29, 1.82) is 0 Å². The summed E-state index contributed by atoms with van der Waals surface area (Å²) in [4.78, 5) is 3.75. The number of hydrogen-bond acceptors (Lipinski definition) is 4. The van der Waals surface area contributed by atoms with Gasteiger partial charge in [-0.25, -0.2) is 4.98 Å². The van der Waals surface area contributed by atoms with E-state index in [2.05, 4.69) is 26.2 Å². The summed E-state index contributed by atoms with van der Waals surface area (Å²) >= 11 is 2.98. The Morgan fingerprint density at radius 1 is 1.30 bits per heavy atom. The van der Waals surface area contributed by atoms with Crippen molar-refractivity contribution >= 4 is 21.7 Å². The van der Waals surface area contributed by atoms with Crippen LogP contribution in [-0.2, 0) is 15.7 Å². The molecule has 1 heterocycles. The molecule has 0 aliphatic carbocycles. The van der Waals surface area contributed by atoms with Crippen LogP contribution in [0.2, 0.25) is 0 Å². The lowest BCUT2D eigenvalue weighted by atomic mass is 10.2. The Kier molecular flexibility index (Phi) is 7.25. The minimum absolute atomic E-state index is 0.169. The van der Waals surface area contributed by atoms with E-state index in [1.165, 1.54) is 6.20 Å². The van der Waals surface area contributed by atoms with E-state index in [9.17, 15) is 13.2 Å². The molecular weight excluding hydrogens is 341 g/mol. The highest BCUT2D eigenvalue weighted by Crippen LogP contribution is 2.35. The molecule has 4 nitrogen and oxygen atoms in total. The second-order valence-corrected chi connectivity index (χ2v) is 4.85. The van der Waals surface area contributed by atoms with Gasteiger partial charge in [-0.05, 0) is 28.4 Å². The fourth-order valence-electron chi connectivity index (χ4n) is 1.42. The molecule has 1 aromatic heterocycles. The monoisotopic (exact) mass is 356 g/mol. The summed E-state index contributed by atoms with van der Waals surface area (Å²) in [5.41, 5.74) is -0.785. The third-order valence-corrected chi connectivity index (χ3v) is 2.78. The first-order valence-corrected chi connectivity index (χ1v) is 6.77. The zero-order valence-electron chi connectivity index (χ0n) is 11.0. The maximum absolute atomic E-state index is 12.8. The van der Waals surface area contributed by atoms with E-state index >= 15 is 0 Å². The minimum Gasteiger partial charge on any atom is -0.382 e. The maximum atomic E-state index is 12.8. The average molecular weight is 357 g/mol. The molecule has 20 heavy (non-hydrogen) atoms. The van der Waals surface area contributed by atoms with E-state index in [-0.39, 0.29) is 5.82 Å². The van der Waals surface area contributed by atoms with Gasteiger partial charge in [-0.1, -0.05) is 0 Å². The molecule has 0 saturated carbocycles. The summed E-state index contributed by atoms with van der Waals surface area (Å²) in [6.45, 7) is 1.78. The predicted octanol–water partition coefficient (Wildman–Crippen LogP) is 3.33. The summed E-state index contributed by atoms with van der Waals surface area (Å²) in [5.74, 6) is -0.169. The summed E-state index contributed by atoms with van der Waals surface area (Å²) in [5, 5.41) is 2.67. The largest absolute Gasteiger partial charge is 0.419 e. The Bertz CT molecular complexity index is 416. The third-order valence-electron chi connectivity index (χ3n) is 2.35. The number of halogens is 4. The smallest absolute Gasteiger partial charge is 0.382 e. The number of rotatable bonds is 8. The van der Waals surface area contributed by atoms with Crippen LogP contribution in [0.5, 0.6) is 0 Å². The summed E-state index contributed by atoms with van der Waals surface area (Å²) in [6.07, 6.45) is -2.53. The molecule has 1 rings (SSSR count). The number of hydrogen-bond donors (Lipinski definition) is 1. The molecule has 0 saturated heterocycles. The van der Waals surface area contributed by atoms with E-state index in [1.54, 1.807) is 7.11 Å². The van der Waals surface area contributed by atoms with Crippen molar-refractivity contribution in [2.24, 2.45) is 0 Å². The Hall–Kier alpha value is -0.860. The van der Waals surface area contributed by atoms with E-state index in [0.717, 1.165) is 6.07 Å². The predicted molar refractivity (Wildman–Crippen MR) is 72.7 cm³/mol. The molecule has 0 aliphatic rings. The summed E-state index contributed by atoms with van der Waals surface area (Å²) in [6, 6.07) is 1.00. The van der Waals surface area contributed by atoms with Crippen LogP contribution in [0, 0.1) is 0 Å². The van der Waals surface area contributed by atoms with Gasteiger partial charge >= 0.3 is 6.18 Å². The van der Waals surface area contributed by atoms with Gasteiger partial charge in [-0.15, -0.1) is 0 Å². The van der Waals surface area contributed by atoms with Crippen molar-refractivity contribution in [2.45, 2.75) is 12.6 Å². The lowest BCUT2D eigenvalue weighted by Crippen LogP contribution is -2.14. The van der Waals surface area contributed by atoms with Crippen LogP contribution in [0.1, 0.15) is 12.0 Å². The van der Waals surface area contributed by atoms with Crippen LogP contribution in [-0.4, -0.2) is 38.5 Å². The number of ether oxygens (including phenoxy) is 2. The number of nitrogens with one attached hydrogen (secondary N) is 1. The molecule has 0 spiro atoms. The summed E-state index contributed by atoms with van der Waals surface area (Å²) < 4.78 is 48.7. The van der Waals surface area contributed by atoms with Crippen molar-refractivity contribution in [2.75, 3.05) is 38.8 Å². The highest BCUT2D eigenvalue weighted by molar-refractivity contribution is 9.10.